The standard InChI is InChI=1S/C24H26N2O2/c1-26(22-12-6-3-7-13-22)19-24(27)25-21-14-16-23(17-15-21)28-18-8-11-20-9-4-2-5-10-20/h2-7,9-10,12-17H,8,11,18-19H2,1H3,(H,25,27). The lowest BCUT2D eigenvalue weighted by Crippen LogP contribution is -2.29. The lowest BCUT2D eigenvalue weighted by atomic mass is 10.1. The molecule has 28 heavy (non-hydrogen) atoms. The predicted octanol–water partition coefficient (Wildman–Crippen LogP) is 4.77. The first-order valence-corrected chi connectivity index (χ1v) is 9.53. The van der Waals surface area contributed by atoms with Crippen molar-refractivity contribution in [1.29, 1.82) is 0 Å². The van der Waals surface area contributed by atoms with Gasteiger partial charge in [-0.3, -0.25) is 4.79 Å². The van der Waals surface area contributed by atoms with Crippen molar-refractivity contribution in [2.45, 2.75) is 12.8 Å². The average molecular weight is 374 g/mol. The van der Waals surface area contributed by atoms with Crippen LogP contribution < -0.4 is 15.0 Å². The van der Waals surface area contributed by atoms with Crippen LogP contribution in [0.1, 0.15) is 12.0 Å². The number of hydrogen-bond donors (Lipinski definition) is 1. The van der Waals surface area contributed by atoms with Gasteiger partial charge in [0.15, 0.2) is 0 Å². The molecule has 0 aliphatic carbocycles. The van der Waals surface area contributed by atoms with E-state index >= 15 is 0 Å². The first kappa shape index (κ1) is 19.5. The Morgan fingerprint density at radius 3 is 2.21 bits per heavy atom. The summed E-state index contributed by atoms with van der Waals surface area (Å²) in [6, 6.07) is 27.8. The fourth-order valence-corrected chi connectivity index (χ4v) is 2.94. The summed E-state index contributed by atoms with van der Waals surface area (Å²) in [6.07, 6.45) is 1.97. The number of ether oxygens (including phenoxy) is 1. The van der Waals surface area contributed by atoms with Crippen molar-refractivity contribution < 1.29 is 9.53 Å². The smallest absolute Gasteiger partial charge is 0.243 e. The Kier molecular flexibility index (Phi) is 7.08. The molecule has 4 nitrogen and oxygen atoms in total. The van der Waals surface area contributed by atoms with E-state index in [1.807, 2.05) is 72.6 Å². The zero-order valence-corrected chi connectivity index (χ0v) is 16.2. The minimum Gasteiger partial charge on any atom is -0.494 e. The predicted molar refractivity (Wildman–Crippen MR) is 115 cm³/mol. The normalized spacial score (nSPS) is 10.3. The molecular formula is C24H26N2O2. The first-order chi connectivity index (χ1) is 13.7. The van der Waals surface area contributed by atoms with Crippen molar-refractivity contribution >= 4 is 17.3 Å². The molecule has 0 fully saturated rings. The summed E-state index contributed by atoms with van der Waals surface area (Å²) in [5.41, 5.74) is 3.10. The number of nitrogens with one attached hydrogen (secondary N) is 1. The van der Waals surface area contributed by atoms with Crippen LogP contribution in [0.25, 0.3) is 0 Å². The highest BCUT2D eigenvalue weighted by Gasteiger charge is 2.07. The van der Waals surface area contributed by atoms with E-state index < -0.39 is 0 Å². The monoisotopic (exact) mass is 374 g/mol. The highest BCUT2D eigenvalue weighted by atomic mass is 16.5. The summed E-state index contributed by atoms with van der Waals surface area (Å²) in [7, 11) is 1.90. The Balaban J connectivity index is 1.40. The molecule has 0 spiro atoms. The Labute approximate surface area is 166 Å². The first-order valence-electron chi connectivity index (χ1n) is 9.53. The van der Waals surface area contributed by atoms with Gasteiger partial charge in [0, 0.05) is 18.4 Å². The number of rotatable bonds is 9. The average Bonchev–Trinajstić information content (AvgIpc) is 2.73. The minimum atomic E-state index is -0.0529. The van der Waals surface area contributed by atoms with E-state index in [-0.39, 0.29) is 5.91 Å². The van der Waals surface area contributed by atoms with Gasteiger partial charge in [-0.2, -0.15) is 0 Å². The van der Waals surface area contributed by atoms with Crippen LogP contribution in [0.15, 0.2) is 84.9 Å². The van der Waals surface area contributed by atoms with Crippen LogP contribution in [0.4, 0.5) is 11.4 Å². The SMILES string of the molecule is CN(CC(=O)Nc1ccc(OCCCc2ccccc2)cc1)c1ccccc1. The molecule has 0 atom stereocenters. The number of aryl methyl sites for hydroxylation is 1. The molecule has 3 aromatic carbocycles. The van der Waals surface area contributed by atoms with E-state index in [1.54, 1.807) is 0 Å². The number of amides is 1. The van der Waals surface area contributed by atoms with Gasteiger partial charge in [-0.25, -0.2) is 0 Å². The third kappa shape index (κ3) is 6.16. The van der Waals surface area contributed by atoms with E-state index in [0.29, 0.717) is 13.2 Å². The Hall–Kier alpha value is -3.27. The molecule has 0 saturated heterocycles. The molecule has 0 aliphatic heterocycles. The molecular weight excluding hydrogens is 348 g/mol. The molecule has 0 bridgehead atoms. The third-order valence-corrected chi connectivity index (χ3v) is 4.44. The van der Waals surface area contributed by atoms with Crippen molar-refractivity contribution in [3.63, 3.8) is 0 Å². The van der Waals surface area contributed by atoms with Crippen LogP contribution in [0.3, 0.4) is 0 Å². The molecule has 1 N–H and O–H groups in total. The molecule has 144 valence electrons. The third-order valence-electron chi connectivity index (χ3n) is 4.44. The molecule has 3 rings (SSSR count). The van der Waals surface area contributed by atoms with E-state index in [4.69, 9.17) is 4.74 Å². The second-order valence-electron chi connectivity index (χ2n) is 6.70. The van der Waals surface area contributed by atoms with E-state index in [9.17, 15) is 4.79 Å². The number of nitrogens with zero attached hydrogens (tertiary/aromatic N) is 1. The van der Waals surface area contributed by atoms with Crippen molar-refractivity contribution in [3.8, 4) is 5.75 Å². The highest BCUT2D eigenvalue weighted by Crippen LogP contribution is 2.17. The van der Waals surface area contributed by atoms with Gasteiger partial charge in [-0.1, -0.05) is 48.5 Å². The van der Waals surface area contributed by atoms with Gasteiger partial charge in [0.1, 0.15) is 5.75 Å². The summed E-state index contributed by atoms with van der Waals surface area (Å²) in [6.45, 7) is 0.963. The quantitative estimate of drug-likeness (QED) is 0.549. The van der Waals surface area contributed by atoms with Crippen LogP contribution >= 0.6 is 0 Å². The summed E-state index contributed by atoms with van der Waals surface area (Å²) in [4.78, 5) is 14.2. The van der Waals surface area contributed by atoms with Crippen LogP contribution in [0.2, 0.25) is 0 Å². The maximum absolute atomic E-state index is 12.2. The molecule has 0 radical (unpaired) electrons. The summed E-state index contributed by atoms with van der Waals surface area (Å²) >= 11 is 0. The number of carbonyl (C=O) groups is 1. The maximum Gasteiger partial charge on any atom is 0.243 e. The zero-order chi connectivity index (χ0) is 19.6. The molecule has 0 aromatic heterocycles. The second kappa shape index (κ2) is 10.2. The van der Waals surface area contributed by atoms with E-state index in [2.05, 4.69) is 29.6 Å². The number of benzene rings is 3. The van der Waals surface area contributed by atoms with Crippen LogP contribution in [0, 0.1) is 0 Å². The van der Waals surface area contributed by atoms with Crippen LogP contribution in [-0.2, 0) is 11.2 Å². The molecule has 3 aromatic rings. The summed E-state index contributed by atoms with van der Waals surface area (Å²) in [5, 5.41) is 2.92. The zero-order valence-electron chi connectivity index (χ0n) is 16.2. The fourth-order valence-electron chi connectivity index (χ4n) is 2.94. The van der Waals surface area contributed by atoms with Crippen molar-refractivity contribution in [2.24, 2.45) is 0 Å². The minimum absolute atomic E-state index is 0.0529. The number of likely N-dealkylation sites (N-methyl/N-ethyl adjacent to an activating group) is 1. The topological polar surface area (TPSA) is 41.6 Å². The molecule has 4 heteroatoms. The van der Waals surface area contributed by atoms with Gasteiger partial charge in [0.2, 0.25) is 5.91 Å². The Morgan fingerprint density at radius 1 is 0.893 bits per heavy atom. The van der Waals surface area contributed by atoms with Gasteiger partial charge in [0.25, 0.3) is 0 Å². The molecule has 0 aliphatic rings. The molecule has 1 amide bonds. The summed E-state index contributed by atoms with van der Waals surface area (Å²) in [5.74, 6) is 0.760. The second-order valence-corrected chi connectivity index (χ2v) is 6.70. The van der Waals surface area contributed by atoms with Crippen LogP contribution in [0.5, 0.6) is 5.75 Å². The number of carbonyl (C=O) groups excluding carboxylic acids is 1. The molecule has 0 unspecified atom stereocenters. The van der Waals surface area contributed by atoms with Crippen molar-refractivity contribution in [2.75, 3.05) is 30.4 Å². The fraction of sp³-hybridized carbons (Fsp3) is 0.208. The number of anilines is 2. The Bertz CT molecular complexity index is 849. The number of para-hydroxylation sites is 1. The maximum atomic E-state index is 12.2. The van der Waals surface area contributed by atoms with Crippen molar-refractivity contribution in [3.05, 3.63) is 90.5 Å². The lowest BCUT2D eigenvalue weighted by Gasteiger charge is -2.18. The Morgan fingerprint density at radius 2 is 1.54 bits per heavy atom. The molecule has 0 saturated carbocycles. The van der Waals surface area contributed by atoms with Gasteiger partial charge < -0.3 is 15.0 Å². The number of hydrogen-bond acceptors (Lipinski definition) is 3. The molecule has 0 heterocycles. The summed E-state index contributed by atoms with van der Waals surface area (Å²) < 4.78 is 5.79. The highest BCUT2D eigenvalue weighted by molar-refractivity contribution is 5.94. The van der Waals surface area contributed by atoms with Gasteiger partial charge in [-0.15, -0.1) is 0 Å². The van der Waals surface area contributed by atoms with Crippen LogP contribution in [-0.4, -0.2) is 26.1 Å². The van der Waals surface area contributed by atoms with E-state index in [0.717, 1.165) is 30.0 Å². The van der Waals surface area contributed by atoms with Crippen molar-refractivity contribution in [1.82, 2.24) is 0 Å². The van der Waals surface area contributed by atoms with E-state index in [1.165, 1.54) is 5.56 Å². The largest absolute Gasteiger partial charge is 0.494 e. The lowest BCUT2D eigenvalue weighted by molar-refractivity contribution is -0.114. The van der Waals surface area contributed by atoms with Gasteiger partial charge in [-0.05, 0) is 54.8 Å². The van der Waals surface area contributed by atoms with Gasteiger partial charge >= 0.3 is 0 Å². The van der Waals surface area contributed by atoms with Gasteiger partial charge in [0.05, 0.1) is 13.2 Å².